The van der Waals surface area contributed by atoms with Gasteiger partial charge in [0, 0.05) is 4.88 Å². The molecule has 0 saturated carbocycles. The lowest BCUT2D eigenvalue weighted by molar-refractivity contribution is -0.107. The molecule has 0 N–H and O–H groups in total. The van der Waals surface area contributed by atoms with Gasteiger partial charge in [-0.1, -0.05) is 5.16 Å². The van der Waals surface area contributed by atoms with Crippen LogP contribution in [0.1, 0.15) is 10.7 Å². The van der Waals surface area contributed by atoms with E-state index in [1.807, 2.05) is 19.1 Å². The number of aldehydes is 1. The molecule has 0 radical (unpaired) electrons. The van der Waals surface area contributed by atoms with Crippen LogP contribution >= 0.6 is 11.3 Å². The molecule has 5 heteroatoms. The van der Waals surface area contributed by atoms with Gasteiger partial charge in [0.2, 0.25) is 0 Å². The van der Waals surface area contributed by atoms with Crippen molar-refractivity contribution in [1.82, 2.24) is 10.1 Å². The Morgan fingerprint density at radius 1 is 1.57 bits per heavy atom. The van der Waals surface area contributed by atoms with Crippen LogP contribution in [0.15, 0.2) is 16.7 Å². The SMILES string of the molecule is Cc1ccc(-c2nc(CC=O)no2)s1. The van der Waals surface area contributed by atoms with Crippen molar-refractivity contribution in [2.75, 3.05) is 0 Å². The van der Waals surface area contributed by atoms with Crippen LogP contribution in [0.2, 0.25) is 0 Å². The second kappa shape index (κ2) is 3.71. The Balaban J connectivity index is 2.28. The van der Waals surface area contributed by atoms with E-state index in [-0.39, 0.29) is 6.42 Å². The van der Waals surface area contributed by atoms with E-state index in [0.29, 0.717) is 11.7 Å². The molecule has 0 aliphatic rings. The van der Waals surface area contributed by atoms with E-state index >= 15 is 0 Å². The van der Waals surface area contributed by atoms with E-state index in [2.05, 4.69) is 10.1 Å². The number of carbonyl (C=O) groups excluding carboxylic acids is 1. The number of aromatic nitrogens is 2. The largest absolute Gasteiger partial charge is 0.333 e. The number of rotatable bonds is 3. The fraction of sp³-hybridized carbons (Fsp3) is 0.222. The predicted molar refractivity (Wildman–Crippen MR) is 52.1 cm³/mol. The van der Waals surface area contributed by atoms with Crippen LogP contribution in [0.5, 0.6) is 0 Å². The maximum Gasteiger partial charge on any atom is 0.268 e. The molecule has 14 heavy (non-hydrogen) atoms. The molecule has 2 aromatic heterocycles. The maximum atomic E-state index is 10.2. The second-order valence-corrected chi connectivity index (χ2v) is 4.08. The molecule has 2 heterocycles. The molecule has 0 spiro atoms. The summed E-state index contributed by atoms with van der Waals surface area (Å²) in [6.45, 7) is 2.01. The van der Waals surface area contributed by atoms with Crippen LogP contribution in [0.4, 0.5) is 0 Å². The molecule has 2 aromatic rings. The van der Waals surface area contributed by atoms with E-state index in [0.717, 1.165) is 11.2 Å². The molecule has 0 amide bonds. The van der Waals surface area contributed by atoms with Gasteiger partial charge in [-0.2, -0.15) is 4.98 Å². The zero-order chi connectivity index (χ0) is 9.97. The van der Waals surface area contributed by atoms with Crippen molar-refractivity contribution in [3.8, 4) is 10.8 Å². The highest BCUT2D eigenvalue weighted by molar-refractivity contribution is 7.15. The molecule has 0 bridgehead atoms. The number of hydrogen-bond acceptors (Lipinski definition) is 5. The fourth-order valence-electron chi connectivity index (χ4n) is 1.06. The molecule has 0 atom stereocenters. The molecule has 0 aliphatic carbocycles. The van der Waals surface area contributed by atoms with Crippen molar-refractivity contribution >= 4 is 17.6 Å². The molecule has 0 saturated heterocycles. The molecule has 2 rings (SSSR count). The third kappa shape index (κ3) is 1.72. The standard InChI is InChI=1S/C9H8N2O2S/c1-6-2-3-7(14-6)9-10-8(4-5-12)11-13-9/h2-3,5H,4H2,1H3. The van der Waals surface area contributed by atoms with Crippen molar-refractivity contribution in [2.45, 2.75) is 13.3 Å². The first kappa shape index (κ1) is 9.08. The maximum absolute atomic E-state index is 10.2. The predicted octanol–water partition coefficient (Wildman–Crippen LogP) is 1.85. The van der Waals surface area contributed by atoms with Crippen molar-refractivity contribution in [3.63, 3.8) is 0 Å². The van der Waals surface area contributed by atoms with Crippen LogP contribution < -0.4 is 0 Å². The molecule has 72 valence electrons. The number of carbonyl (C=O) groups is 1. The summed E-state index contributed by atoms with van der Waals surface area (Å²) in [5, 5.41) is 3.68. The molecule has 4 nitrogen and oxygen atoms in total. The summed E-state index contributed by atoms with van der Waals surface area (Å²) in [6, 6.07) is 3.92. The molecule has 0 aromatic carbocycles. The Morgan fingerprint density at radius 2 is 2.43 bits per heavy atom. The summed E-state index contributed by atoms with van der Waals surface area (Å²) in [4.78, 5) is 16.4. The first-order valence-electron chi connectivity index (χ1n) is 4.12. The van der Waals surface area contributed by atoms with Gasteiger partial charge in [0.05, 0.1) is 11.3 Å². The minimum Gasteiger partial charge on any atom is -0.333 e. The van der Waals surface area contributed by atoms with Gasteiger partial charge in [-0.15, -0.1) is 11.3 Å². The molecular formula is C9H8N2O2S. The minimum atomic E-state index is 0.202. The summed E-state index contributed by atoms with van der Waals surface area (Å²) in [5.74, 6) is 0.918. The first-order valence-corrected chi connectivity index (χ1v) is 4.94. The van der Waals surface area contributed by atoms with E-state index in [4.69, 9.17) is 4.52 Å². The number of hydrogen-bond donors (Lipinski definition) is 0. The Morgan fingerprint density at radius 3 is 3.07 bits per heavy atom. The quantitative estimate of drug-likeness (QED) is 0.722. The number of thiophene rings is 1. The van der Waals surface area contributed by atoms with Crippen molar-refractivity contribution < 1.29 is 9.32 Å². The first-order chi connectivity index (χ1) is 6.79. The highest BCUT2D eigenvalue weighted by Gasteiger charge is 2.09. The lowest BCUT2D eigenvalue weighted by Crippen LogP contribution is -1.87. The third-order valence-electron chi connectivity index (χ3n) is 1.69. The van der Waals surface area contributed by atoms with Crippen molar-refractivity contribution in [1.29, 1.82) is 0 Å². The molecule has 0 unspecified atom stereocenters. The van der Waals surface area contributed by atoms with Crippen LogP contribution in [-0.2, 0) is 11.2 Å². The second-order valence-electron chi connectivity index (χ2n) is 2.80. The molecule has 0 fully saturated rings. The summed E-state index contributed by atoms with van der Waals surface area (Å²) in [7, 11) is 0. The Labute approximate surface area is 84.6 Å². The van der Waals surface area contributed by atoms with Crippen LogP contribution in [0.3, 0.4) is 0 Å². The number of nitrogens with zero attached hydrogens (tertiary/aromatic N) is 2. The minimum absolute atomic E-state index is 0.202. The van der Waals surface area contributed by atoms with Crippen LogP contribution in [-0.4, -0.2) is 16.4 Å². The third-order valence-corrected chi connectivity index (χ3v) is 2.67. The topological polar surface area (TPSA) is 56.0 Å². The van der Waals surface area contributed by atoms with Crippen molar-refractivity contribution in [2.24, 2.45) is 0 Å². The van der Waals surface area contributed by atoms with Gasteiger partial charge in [0.15, 0.2) is 5.82 Å². The molecule has 0 aliphatic heterocycles. The van der Waals surface area contributed by atoms with Gasteiger partial charge >= 0.3 is 0 Å². The number of aryl methyl sites for hydroxylation is 1. The van der Waals surface area contributed by atoms with Crippen molar-refractivity contribution in [3.05, 3.63) is 22.8 Å². The lowest BCUT2D eigenvalue weighted by atomic mass is 10.4. The van der Waals surface area contributed by atoms with Gasteiger partial charge in [-0.05, 0) is 19.1 Å². The van der Waals surface area contributed by atoms with Gasteiger partial charge in [-0.25, -0.2) is 0 Å². The Kier molecular flexibility index (Phi) is 2.41. The van der Waals surface area contributed by atoms with Gasteiger partial charge in [0.25, 0.3) is 5.89 Å². The Bertz CT molecular complexity index is 447. The van der Waals surface area contributed by atoms with E-state index in [9.17, 15) is 4.79 Å². The van der Waals surface area contributed by atoms with Crippen LogP contribution in [0, 0.1) is 6.92 Å². The normalized spacial score (nSPS) is 10.4. The zero-order valence-electron chi connectivity index (χ0n) is 7.56. The van der Waals surface area contributed by atoms with Crippen LogP contribution in [0.25, 0.3) is 10.8 Å². The average Bonchev–Trinajstić information content (AvgIpc) is 2.74. The van der Waals surface area contributed by atoms with E-state index in [1.54, 1.807) is 11.3 Å². The fourth-order valence-corrected chi connectivity index (χ4v) is 1.85. The van der Waals surface area contributed by atoms with E-state index in [1.165, 1.54) is 4.88 Å². The zero-order valence-corrected chi connectivity index (χ0v) is 8.37. The highest BCUT2D eigenvalue weighted by Crippen LogP contribution is 2.25. The van der Waals surface area contributed by atoms with Gasteiger partial charge in [0.1, 0.15) is 6.29 Å². The Hall–Kier alpha value is -1.49. The van der Waals surface area contributed by atoms with E-state index < -0.39 is 0 Å². The summed E-state index contributed by atoms with van der Waals surface area (Å²) in [6.07, 6.45) is 0.960. The summed E-state index contributed by atoms with van der Waals surface area (Å²) < 4.78 is 5.01. The smallest absolute Gasteiger partial charge is 0.268 e. The molecular weight excluding hydrogens is 200 g/mol. The average molecular weight is 208 g/mol. The van der Waals surface area contributed by atoms with Gasteiger partial charge < -0.3 is 9.32 Å². The summed E-state index contributed by atoms with van der Waals surface area (Å²) >= 11 is 1.59. The summed E-state index contributed by atoms with van der Waals surface area (Å²) in [5.41, 5.74) is 0. The van der Waals surface area contributed by atoms with Gasteiger partial charge in [-0.3, -0.25) is 0 Å². The lowest BCUT2D eigenvalue weighted by Gasteiger charge is -1.82. The monoisotopic (exact) mass is 208 g/mol. The highest BCUT2D eigenvalue weighted by atomic mass is 32.1.